The summed E-state index contributed by atoms with van der Waals surface area (Å²) >= 11 is 5.93. The Bertz CT molecular complexity index is 408. The largest absolute Gasteiger partial charge is 0.465 e. The first-order valence-corrected chi connectivity index (χ1v) is 4.92. The lowest BCUT2D eigenvalue weighted by atomic mass is 10.1. The number of aliphatic hydroxyl groups is 1. The highest BCUT2D eigenvalue weighted by molar-refractivity contribution is 6.31. The van der Waals surface area contributed by atoms with E-state index < -0.39 is 18.2 Å². The van der Waals surface area contributed by atoms with Crippen LogP contribution in [0.4, 0.5) is 4.79 Å². The number of benzene rings is 1. The number of amides is 1. The van der Waals surface area contributed by atoms with Gasteiger partial charge in [-0.05, 0) is 18.1 Å². The molecule has 15 heavy (non-hydrogen) atoms. The van der Waals surface area contributed by atoms with E-state index in [2.05, 4.69) is 5.32 Å². The van der Waals surface area contributed by atoms with E-state index in [0.29, 0.717) is 17.0 Å². The van der Waals surface area contributed by atoms with Crippen molar-refractivity contribution in [2.24, 2.45) is 0 Å². The van der Waals surface area contributed by atoms with Gasteiger partial charge in [-0.25, -0.2) is 4.79 Å². The summed E-state index contributed by atoms with van der Waals surface area (Å²) in [5.74, 6) is 0. The SMILES string of the molecule is O=C(O)N[C@@H]1Cc2cccc(Cl)c2[C@H]1O. The standard InChI is InChI=1S/C10H10ClNO3/c11-6-3-1-2-5-4-7(12-10(14)15)9(13)8(5)6/h1-3,7,9,12-13H,4H2,(H,14,15)/t7-,9+/m1/s1. The normalized spacial score (nSPS) is 23.6. The van der Waals surface area contributed by atoms with Gasteiger partial charge in [0.25, 0.3) is 0 Å². The van der Waals surface area contributed by atoms with Crippen LogP contribution in [0.5, 0.6) is 0 Å². The van der Waals surface area contributed by atoms with E-state index in [-0.39, 0.29) is 0 Å². The molecule has 0 unspecified atom stereocenters. The van der Waals surface area contributed by atoms with Crippen LogP contribution in [-0.2, 0) is 6.42 Å². The molecule has 0 aliphatic heterocycles. The van der Waals surface area contributed by atoms with Gasteiger partial charge >= 0.3 is 6.09 Å². The van der Waals surface area contributed by atoms with Crippen LogP contribution in [0.3, 0.4) is 0 Å². The van der Waals surface area contributed by atoms with Crippen molar-refractivity contribution in [2.75, 3.05) is 0 Å². The molecule has 1 amide bonds. The molecule has 0 aromatic heterocycles. The fourth-order valence-electron chi connectivity index (χ4n) is 1.93. The van der Waals surface area contributed by atoms with Gasteiger partial charge in [0.1, 0.15) is 6.10 Å². The van der Waals surface area contributed by atoms with Crippen molar-refractivity contribution >= 4 is 17.7 Å². The van der Waals surface area contributed by atoms with Gasteiger partial charge in [0, 0.05) is 10.6 Å². The molecule has 3 N–H and O–H groups in total. The van der Waals surface area contributed by atoms with Gasteiger partial charge in [-0.15, -0.1) is 0 Å². The summed E-state index contributed by atoms with van der Waals surface area (Å²) in [7, 11) is 0. The molecular formula is C10H10ClNO3. The number of halogens is 1. The Morgan fingerprint density at radius 2 is 2.27 bits per heavy atom. The predicted octanol–water partition coefficient (Wildman–Crippen LogP) is 1.57. The molecule has 0 bridgehead atoms. The monoisotopic (exact) mass is 227 g/mol. The maximum atomic E-state index is 10.5. The van der Waals surface area contributed by atoms with Crippen LogP contribution in [0.2, 0.25) is 5.02 Å². The zero-order valence-electron chi connectivity index (χ0n) is 7.77. The average molecular weight is 228 g/mol. The van der Waals surface area contributed by atoms with Gasteiger partial charge in [-0.1, -0.05) is 23.7 Å². The Kier molecular flexibility index (Phi) is 2.54. The molecule has 0 spiro atoms. The summed E-state index contributed by atoms with van der Waals surface area (Å²) in [5, 5.41) is 21.2. The quantitative estimate of drug-likeness (QED) is 0.682. The van der Waals surface area contributed by atoms with Crippen LogP contribution in [0, 0.1) is 0 Å². The Balaban J connectivity index is 2.29. The molecular weight excluding hydrogens is 218 g/mol. The second-order valence-corrected chi connectivity index (χ2v) is 3.92. The minimum atomic E-state index is -1.14. The molecule has 0 saturated heterocycles. The van der Waals surface area contributed by atoms with Crippen molar-refractivity contribution in [1.29, 1.82) is 0 Å². The average Bonchev–Trinajstić information content (AvgIpc) is 2.44. The fourth-order valence-corrected chi connectivity index (χ4v) is 2.24. The summed E-state index contributed by atoms with van der Waals surface area (Å²) in [6, 6.07) is 4.81. The third kappa shape index (κ3) is 1.78. The lowest BCUT2D eigenvalue weighted by Gasteiger charge is -2.14. The first kappa shape index (κ1) is 10.3. The minimum absolute atomic E-state index is 0.476. The summed E-state index contributed by atoms with van der Waals surface area (Å²) in [6.07, 6.45) is -1.52. The van der Waals surface area contributed by atoms with Crippen LogP contribution in [0.25, 0.3) is 0 Å². The van der Waals surface area contributed by atoms with Crippen LogP contribution in [0.15, 0.2) is 18.2 Å². The Morgan fingerprint density at radius 3 is 2.87 bits per heavy atom. The van der Waals surface area contributed by atoms with E-state index in [4.69, 9.17) is 16.7 Å². The van der Waals surface area contributed by atoms with Crippen LogP contribution in [0.1, 0.15) is 17.2 Å². The minimum Gasteiger partial charge on any atom is -0.465 e. The molecule has 1 aliphatic carbocycles. The van der Waals surface area contributed by atoms with Crippen molar-refractivity contribution in [2.45, 2.75) is 18.6 Å². The number of hydrogen-bond acceptors (Lipinski definition) is 2. The highest BCUT2D eigenvalue weighted by Gasteiger charge is 2.33. The number of nitrogens with one attached hydrogen (secondary N) is 1. The van der Waals surface area contributed by atoms with E-state index in [0.717, 1.165) is 5.56 Å². The van der Waals surface area contributed by atoms with Crippen LogP contribution >= 0.6 is 11.6 Å². The first-order valence-electron chi connectivity index (χ1n) is 4.54. The zero-order chi connectivity index (χ0) is 11.0. The second-order valence-electron chi connectivity index (χ2n) is 3.52. The summed E-state index contributed by atoms with van der Waals surface area (Å²) < 4.78 is 0. The van der Waals surface area contributed by atoms with Crippen molar-refractivity contribution in [3.63, 3.8) is 0 Å². The zero-order valence-corrected chi connectivity index (χ0v) is 8.53. The Labute approximate surface area is 91.5 Å². The van der Waals surface area contributed by atoms with E-state index in [1.165, 1.54) is 0 Å². The molecule has 80 valence electrons. The van der Waals surface area contributed by atoms with E-state index in [1.807, 2.05) is 6.07 Å². The van der Waals surface area contributed by atoms with Gasteiger partial charge in [-0.2, -0.15) is 0 Å². The van der Waals surface area contributed by atoms with Gasteiger partial charge < -0.3 is 15.5 Å². The third-order valence-electron chi connectivity index (χ3n) is 2.57. The number of aliphatic hydroxyl groups excluding tert-OH is 1. The molecule has 0 saturated carbocycles. The number of carbonyl (C=O) groups is 1. The highest BCUT2D eigenvalue weighted by Crippen LogP contribution is 2.36. The van der Waals surface area contributed by atoms with E-state index in [1.54, 1.807) is 12.1 Å². The summed E-state index contributed by atoms with van der Waals surface area (Å²) in [4.78, 5) is 10.5. The summed E-state index contributed by atoms with van der Waals surface area (Å²) in [6.45, 7) is 0. The lowest BCUT2D eigenvalue weighted by Crippen LogP contribution is -2.36. The number of rotatable bonds is 1. The number of hydrogen-bond donors (Lipinski definition) is 3. The number of carboxylic acid groups (broad SMARTS) is 1. The topological polar surface area (TPSA) is 69.6 Å². The highest BCUT2D eigenvalue weighted by atomic mass is 35.5. The fraction of sp³-hybridized carbons (Fsp3) is 0.300. The van der Waals surface area contributed by atoms with Gasteiger partial charge in [0.2, 0.25) is 0 Å². The molecule has 5 heteroatoms. The molecule has 0 fully saturated rings. The molecule has 1 aromatic carbocycles. The maximum absolute atomic E-state index is 10.5. The molecule has 0 radical (unpaired) electrons. The molecule has 0 heterocycles. The van der Waals surface area contributed by atoms with Crippen LogP contribution < -0.4 is 5.32 Å². The van der Waals surface area contributed by atoms with E-state index >= 15 is 0 Å². The molecule has 4 nitrogen and oxygen atoms in total. The van der Waals surface area contributed by atoms with Gasteiger partial charge in [0.15, 0.2) is 0 Å². The van der Waals surface area contributed by atoms with Gasteiger partial charge in [-0.3, -0.25) is 0 Å². The lowest BCUT2D eigenvalue weighted by molar-refractivity contribution is 0.131. The number of fused-ring (bicyclic) bond motifs is 1. The molecule has 1 aromatic rings. The van der Waals surface area contributed by atoms with Gasteiger partial charge in [0.05, 0.1) is 6.04 Å². The Hall–Kier alpha value is -1.26. The Morgan fingerprint density at radius 1 is 1.53 bits per heavy atom. The third-order valence-corrected chi connectivity index (χ3v) is 2.90. The van der Waals surface area contributed by atoms with Crippen molar-refractivity contribution < 1.29 is 15.0 Å². The summed E-state index contributed by atoms with van der Waals surface area (Å²) in [5.41, 5.74) is 1.53. The van der Waals surface area contributed by atoms with Crippen LogP contribution in [-0.4, -0.2) is 22.3 Å². The molecule has 2 rings (SSSR count). The van der Waals surface area contributed by atoms with E-state index in [9.17, 15) is 9.90 Å². The second kappa shape index (κ2) is 3.72. The smallest absolute Gasteiger partial charge is 0.404 e. The molecule has 2 atom stereocenters. The first-order chi connectivity index (χ1) is 7.09. The van der Waals surface area contributed by atoms with Crippen molar-refractivity contribution in [1.82, 2.24) is 5.32 Å². The molecule has 1 aliphatic rings. The van der Waals surface area contributed by atoms with Crippen molar-refractivity contribution in [3.05, 3.63) is 34.3 Å². The predicted molar refractivity (Wildman–Crippen MR) is 55.1 cm³/mol. The van der Waals surface area contributed by atoms with Crippen molar-refractivity contribution in [3.8, 4) is 0 Å². The maximum Gasteiger partial charge on any atom is 0.404 e.